The third-order valence-corrected chi connectivity index (χ3v) is 3.65. The highest BCUT2D eigenvalue weighted by Gasteiger charge is 2.23. The molecule has 1 rings (SSSR count). The third kappa shape index (κ3) is 3.56. The van der Waals surface area contributed by atoms with Crippen LogP contribution in [0.2, 0.25) is 0 Å². The zero-order chi connectivity index (χ0) is 13.5. The van der Waals surface area contributed by atoms with Gasteiger partial charge < -0.3 is 10.1 Å². The zero-order valence-electron chi connectivity index (χ0n) is 12.4. The van der Waals surface area contributed by atoms with Crippen LogP contribution in [0.3, 0.4) is 0 Å². The number of nitrogens with one attached hydrogen (secondary N) is 1. The van der Waals surface area contributed by atoms with Gasteiger partial charge in [0.05, 0.1) is 12.1 Å². The van der Waals surface area contributed by atoms with E-state index >= 15 is 0 Å². The van der Waals surface area contributed by atoms with Crippen LogP contribution in [-0.4, -0.2) is 19.8 Å². The molecule has 0 aliphatic rings. The van der Waals surface area contributed by atoms with E-state index in [-0.39, 0.29) is 6.10 Å². The number of hydrogen-bond acceptors (Lipinski definition) is 2. The molecule has 0 spiro atoms. The van der Waals surface area contributed by atoms with E-state index in [1.54, 1.807) is 0 Å². The Morgan fingerprint density at radius 1 is 1.22 bits per heavy atom. The van der Waals surface area contributed by atoms with Crippen molar-refractivity contribution < 1.29 is 4.74 Å². The second kappa shape index (κ2) is 7.55. The van der Waals surface area contributed by atoms with Crippen LogP contribution in [0.25, 0.3) is 0 Å². The third-order valence-electron chi connectivity index (χ3n) is 3.65. The number of likely N-dealkylation sites (N-methyl/N-ethyl adjacent to an activating group) is 1. The summed E-state index contributed by atoms with van der Waals surface area (Å²) in [5.41, 5.74) is 4.10. The van der Waals surface area contributed by atoms with E-state index in [0.29, 0.717) is 6.04 Å². The number of benzene rings is 1. The second-order valence-corrected chi connectivity index (χ2v) is 4.89. The summed E-state index contributed by atoms with van der Waals surface area (Å²) in [6.45, 7) is 9.69. The van der Waals surface area contributed by atoms with Gasteiger partial charge in [-0.25, -0.2) is 0 Å². The minimum Gasteiger partial charge on any atom is -0.379 e. The summed E-state index contributed by atoms with van der Waals surface area (Å²) < 4.78 is 5.69. The van der Waals surface area contributed by atoms with Gasteiger partial charge in [-0.05, 0) is 43.5 Å². The molecule has 0 aromatic heterocycles. The van der Waals surface area contributed by atoms with Gasteiger partial charge in [0.15, 0.2) is 0 Å². The number of hydrogen-bond donors (Lipinski definition) is 1. The van der Waals surface area contributed by atoms with E-state index in [0.717, 1.165) is 19.4 Å². The van der Waals surface area contributed by atoms with E-state index in [9.17, 15) is 0 Å². The molecule has 0 aliphatic carbocycles. The normalized spacial score (nSPS) is 14.5. The summed E-state index contributed by atoms with van der Waals surface area (Å²) in [7, 11) is 1.82. The van der Waals surface area contributed by atoms with Crippen LogP contribution in [0.4, 0.5) is 0 Å². The first-order valence-corrected chi connectivity index (χ1v) is 6.97. The van der Waals surface area contributed by atoms with Crippen molar-refractivity contribution in [2.45, 2.75) is 52.7 Å². The molecule has 0 heterocycles. The molecular formula is C16H27NO. The molecule has 18 heavy (non-hydrogen) atoms. The Balaban J connectivity index is 3.06. The lowest BCUT2D eigenvalue weighted by Crippen LogP contribution is -2.33. The minimum atomic E-state index is 0.246. The molecule has 0 saturated carbocycles. The zero-order valence-corrected chi connectivity index (χ0v) is 12.4. The highest BCUT2D eigenvalue weighted by Crippen LogP contribution is 2.26. The molecule has 0 saturated heterocycles. The van der Waals surface area contributed by atoms with Crippen molar-refractivity contribution in [3.8, 4) is 0 Å². The average Bonchev–Trinajstić information content (AvgIpc) is 2.37. The first-order chi connectivity index (χ1) is 8.65. The largest absolute Gasteiger partial charge is 0.379 e. The Labute approximate surface area is 112 Å². The quantitative estimate of drug-likeness (QED) is 0.794. The van der Waals surface area contributed by atoms with Gasteiger partial charge in [0.2, 0.25) is 0 Å². The molecule has 1 N–H and O–H groups in total. The fourth-order valence-corrected chi connectivity index (χ4v) is 2.48. The summed E-state index contributed by atoms with van der Waals surface area (Å²) in [6.07, 6.45) is 2.47. The van der Waals surface area contributed by atoms with Crippen LogP contribution in [0.1, 0.15) is 49.4 Å². The van der Waals surface area contributed by atoms with E-state index in [2.05, 4.69) is 51.2 Å². The predicted molar refractivity (Wildman–Crippen MR) is 78.0 cm³/mol. The van der Waals surface area contributed by atoms with Crippen LogP contribution < -0.4 is 5.32 Å². The summed E-state index contributed by atoms with van der Waals surface area (Å²) >= 11 is 0. The SMILES string of the molecule is CCCC(OC)C(NCC)c1cccc(C)c1C. The topological polar surface area (TPSA) is 21.3 Å². The van der Waals surface area contributed by atoms with Gasteiger partial charge in [-0.15, -0.1) is 0 Å². The highest BCUT2D eigenvalue weighted by molar-refractivity contribution is 5.36. The molecule has 2 heteroatoms. The lowest BCUT2D eigenvalue weighted by Gasteiger charge is -2.28. The van der Waals surface area contributed by atoms with Gasteiger partial charge in [-0.2, -0.15) is 0 Å². The monoisotopic (exact) mass is 249 g/mol. The molecule has 102 valence electrons. The summed E-state index contributed by atoms with van der Waals surface area (Å²) in [4.78, 5) is 0. The van der Waals surface area contributed by atoms with Crippen LogP contribution >= 0.6 is 0 Å². The van der Waals surface area contributed by atoms with Crippen molar-refractivity contribution in [3.63, 3.8) is 0 Å². The van der Waals surface area contributed by atoms with E-state index in [1.807, 2.05) is 7.11 Å². The first-order valence-electron chi connectivity index (χ1n) is 6.97. The van der Waals surface area contributed by atoms with E-state index < -0.39 is 0 Å². The Hall–Kier alpha value is -0.860. The molecule has 1 aromatic rings. The number of aryl methyl sites for hydroxylation is 1. The van der Waals surface area contributed by atoms with Crippen LogP contribution in [-0.2, 0) is 4.74 Å². The Kier molecular flexibility index (Phi) is 6.37. The molecule has 0 fully saturated rings. The fourth-order valence-electron chi connectivity index (χ4n) is 2.48. The summed E-state index contributed by atoms with van der Waals surface area (Å²) in [5, 5.41) is 3.58. The lowest BCUT2D eigenvalue weighted by molar-refractivity contribution is 0.0609. The Morgan fingerprint density at radius 3 is 2.50 bits per heavy atom. The second-order valence-electron chi connectivity index (χ2n) is 4.89. The van der Waals surface area contributed by atoms with Crippen molar-refractivity contribution >= 4 is 0 Å². The van der Waals surface area contributed by atoms with Crippen LogP contribution in [0.15, 0.2) is 18.2 Å². The van der Waals surface area contributed by atoms with Gasteiger partial charge in [0.25, 0.3) is 0 Å². The molecule has 0 radical (unpaired) electrons. The van der Waals surface area contributed by atoms with Crippen molar-refractivity contribution in [2.75, 3.05) is 13.7 Å². The molecule has 2 unspecified atom stereocenters. The Morgan fingerprint density at radius 2 is 1.94 bits per heavy atom. The van der Waals surface area contributed by atoms with Gasteiger partial charge in [0, 0.05) is 7.11 Å². The van der Waals surface area contributed by atoms with Gasteiger partial charge in [-0.1, -0.05) is 38.5 Å². The maximum absolute atomic E-state index is 5.69. The van der Waals surface area contributed by atoms with Crippen LogP contribution in [0.5, 0.6) is 0 Å². The smallest absolute Gasteiger partial charge is 0.0765 e. The number of rotatable bonds is 7. The molecule has 0 bridgehead atoms. The van der Waals surface area contributed by atoms with Gasteiger partial charge >= 0.3 is 0 Å². The van der Waals surface area contributed by atoms with Gasteiger partial charge in [-0.3, -0.25) is 0 Å². The molecule has 2 atom stereocenters. The maximum Gasteiger partial charge on any atom is 0.0765 e. The summed E-state index contributed by atoms with van der Waals surface area (Å²) in [5.74, 6) is 0. The van der Waals surface area contributed by atoms with Crippen molar-refractivity contribution in [3.05, 3.63) is 34.9 Å². The molecule has 2 nitrogen and oxygen atoms in total. The molecular weight excluding hydrogens is 222 g/mol. The van der Waals surface area contributed by atoms with Gasteiger partial charge in [0.1, 0.15) is 0 Å². The number of ether oxygens (including phenoxy) is 1. The van der Waals surface area contributed by atoms with Crippen molar-refractivity contribution in [1.82, 2.24) is 5.32 Å². The maximum atomic E-state index is 5.69. The fraction of sp³-hybridized carbons (Fsp3) is 0.625. The Bertz CT molecular complexity index is 362. The summed E-state index contributed by atoms with van der Waals surface area (Å²) in [6, 6.07) is 6.82. The van der Waals surface area contributed by atoms with E-state index in [1.165, 1.54) is 16.7 Å². The van der Waals surface area contributed by atoms with Crippen LogP contribution in [0, 0.1) is 13.8 Å². The highest BCUT2D eigenvalue weighted by atomic mass is 16.5. The molecule has 0 amide bonds. The minimum absolute atomic E-state index is 0.246. The van der Waals surface area contributed by atoms with Crippen molar-refractivity contribution in [2.24, 2.45) is 0 Å². The number of methoxy groups -OCH3 is 1. The first kappa shape index (κ1) is 15.2. The standard InChI is InChI=1S/C16H27NO/c1-6-9-15(18-5)16(17-7-2)14-11-8-10-12(3)13(14)4/h8,10-11,15-17H,6-7,9H2,1-5H3. The predicted octanol–water partition coefficient (Wildman–Crippen LogP) is 3.77. The molecule has 1 aromatic carbocycles. The van der Waals surface area contributed by atoms with E-state index in [4.69, 9.17) is 4.74 Å². The van der Waals surface area contributed by atoms with Crippen molar-refractivity contribution in [1.29, 1.82) is 0 Å². The molecule has 0 aliphatic heterocycles. The average molecular weight is 249 g/mol. The lowest BCUT2D eigenvalue weighted by atomic mass is 9.92.